The lowest BCUT2D eigenvalue weighted by Crippen LogP contribution is -2.29. The van der Waals surface area contributed by atoms with Crippen LogP contribution in [0.1, 0.15) is 25.5 Å². The normalized spacial score (nSPS) is 10.1. The first-order valence-electron chi connectivity index (χ1n) is 5.09. The van der Waals surface area contributed by atoms with E-state index in [1.165, 1.54) is 6.92 Å². The standard InChI is InChI=1S/C11H15NO4/c1-9(13)12(6-2-5-11(14)15)8-10-4-3-7-16-10/h3-4,7H,2,5-6,8H2,1H3,(H,14,15). The predicted molar refractivity (Wildman–Crippen MR) is 56.7 cm³/mol. The Balaban J connectivity index is 2.42. The summed E-state index contributed by atoms with van der Waals surface area (Å²) in [6, 6.07) is 3.54. The number of aliphatic carboxylic acids is 1. The van der Waals surface area contributed by atoms with E-state index in [1.807, 2.05) is 0 Å². The largest absolute Gasteiger partial charge is 0.481 e. The van der Waals surface area contributed by atoms with Gasteiger partial charge in [0.25, 0.3) is 0 Å². The molecule has 0 aliphatic carbocycles. The Kier molecular flexibility index (Phi) is 4.57. The van der Waals surface area contributed by atoms with Gasteiger partial charge in [-0.15, -0.1) is 0 Å². The molecule has 1 rings (SSSR count). The van der Waals surface area contributed by atoms with Crippen molar-refractivity contribution < 1.29 is 19.1 Å². The van der Waals surface area contributed by atoms with Gasteiger partial charge >= 0.3 is 5.97 Å². The molecule has 1 N–H and O–H groups in total. The fraction of sp³-hybridized carbons (Fsp3) is 0.455. The third kappa shape index (κ3) is 4.16. The van der Waals surface area contributed by atoms with Crippen LogP contribution in [0.3, 0.4) is 0 Å². The predicted octanol–water partition coefficient (Wildman–Crippen LogP) is 1.49. The van der Waals surface area contributed by atoms with Gasteiger partial charge in [-0.2, -0.15) is 0 Å². The van der Waals surface area contributed by atoms with Crippen molar-refractivity contribution in [2.45, 2.75) is 26.3 Å². The molecule has 88 valence electrons. The molecule has 0 bridgehead atoms. The molecule has 0 saturated carbocycles. The number of hydrogen-bond donors (Lipinski definition) is 1. The van der Waals surface area contributed by atoms with Gasteiger partial charge in [0.05, 0.1) is 12.8 Å². The van der Waals surface area contributed by atoms with Crippen LogP contribution in [-0.2, 0) is 16.1 Å². The van der Waals surface area contributed by atoms with Crippen molar-refractivity contribution in [2.75, 3.05) is 6.54 Å². The smallest absolute Gasteiger partial charge is 0.303 e. The van der Waals surface area contributed by atoms with Crippen LogP contribution < -0.4 is 0 Å². The van der Waals surface area contributed by atoms with E-state index in [2.05, 4.69) is 0 Å². The minimum absolute atomic E-state index is 0.0714. The Hall–Kier alpha value is -1.78. The van der Waals surface area contributed by atoms with Crippen LogP contribution in [0.2, 0.25) is 0 Å². The van der Waals surface area contributed by atoms with Crippen LogP contribution >= 0.6 is 0 Å². The SMILES string of the molecule is CC(=O)N(CCCC(=O)O)Cc1ccco1. The highest BCUT2D eigenvalue weighted by Gasteiger charge is 2.11. The summed E-state index contributed by atoms with van der Waals surface area (Å²) in [5, 5.41) is 8.50. The second kappa shape index (κ2) is 5.95. The molecule has 1 amide bonds. The molecule has 0 saturated heterocycles. The van der Waals surface area contributed by atoms with Gasteiger partial charge in [0.15, 0.2) is 0 Å². The average molecular weight is 225 g/mol. The van der Waals surface area contributed by atoms with Crippen molar-refractivity contribution in [1.82, 2.24) is 4.90 Å². The van der Waals surface area contributed by atoms with E-state index in [4.69, 9.17) is 9.52 Å². The second-order valence-corrected chi connectivity index (χ2v) is 3.52. The zero-order chi connectivity index (χ0) is 12.0. The summed E-state index contributed by atoms with van der Waals surface area (Å²) in [5.41, 5.74) is 0. The van der Waals surface area contributed by atoms with Crippen molar-refractivity contribution in [1.29, 1.82) is 0 Å². The molecule has 5 nitrogen and oxygen atoms in total. The molecule has 0 fully saturated rings. The Morgan fingerprint density at radius 2 is 2.25 bits per heavy atom. The van der Waals surface area contributed by atoms with Crippen LogP contribution in [0, 0.1) is 0 Å². The highest BCUT2D eigenvalue weighted by molar-refractivity contribution is 5.73. The van der Waals surface area contributed by atoms with Gasteiger partial charge in [-0.3, -0.25) is 9.59 Å². The van der Waals surface area contributed by atoms with E-state index in [-0.39, 0.29) is 12.3 Å². The number of carboxylic acid groups (broad SMARTS) is 1. The maximum atomic E-state index is 11.3. The van der Waals surface area contributed by atoms with E-state index < -0.39 is 5.97 Å². The molecule has 0 unspecified atom stereocenters. The Labute approximate surface area is 93.7 Å². The minimum atomic E-state index is -0.846. The Bertz CT molecular complexity index is 345. The summed E-state index contributed by atoms with van der Waals surface area (Å²) >= 11 is 0. The molecule has 16 heavy (non-hydrogen) atoms. The average Bonchev–Trinajstić information content (AvgIpc) is 2.68. The van der Waals surface area contributed by atoms with Crippen molar-refractivity contribution in [2.24, 2.45) is 0 Å². The van der Waals surface area contributed by atoms with Crippen LogP contribution in [0.15, 0.2) is 22.8 Å². The lowest BCUT2D eigenvalue weighted by atomic mass is 10.3. The second-order valence-electron chi connectivity index (χ2n) is 3.52. The van der Waals surface area contributed by atoms with E-state index >= 15 is 0 Å². The molecule has 1 aromatic rings. The molecule has 0 aliphatic rings. The molecule has 0 atom stereocenters. The zero-order valence-electron chi connectivity index (χ0n) is 9.18. The quantitative estimate of drug-likeness (QED) is 0.796. The maximum Gasteiger partial charge on any atom is 0.303 e. The van der Waals surface area contributed by atoms with Gasteiger partial charge in [-0.1, -0.05) is 0 Å². The monoisotopic (exact) mass is 225 g/mol. The summed E-state index contributed by atoms with van der Waals surface area (Å²) in [4.78, 5) is 23.2. The third-order valence-corrected chi connectivity index (χ3v) is 2.19. The van der Waals surface area contributed by atoms with E-state index in [0.29, 0.717) is 25.3 Å². The van der Waals surface area contributed by atoms with E-state index in [0.717, 1.165) is 0 Å². The van der Waals surface area contributed by atoms with Crippen LogP contribution in [0.5, 0.6) is 0 Å². The van der Waals surface area contributed by atoms with Gasteiger partial charge in [0.2, 0.25) is 5.91 Å². The summed E-state index contributed by atoms with van der Waals surface area (Å²) in [5.74, 6) is -0.228. The number of carbonyl (C=O) groups excluding carboxylic acids is 1. The summed E-state index contributed by atoms with van der Waals surface area (Å²) < 4.78 is 5.13. The van der Waals surface area contributed by atoms with Crippen molar-refractivity contribution in [3.05, 3.63) is 24.2 Å². The molecule has 0 aliphatic heterocycles. The number of carboxylic acids is 1. The van der Waals surface area contributed by atoms with Crippen molar-refractivity contribution in [3.63, 3.8) is 0 Å². The van der Waals surface area contributed by atoms with E-state index in [1.54, 1.807) is 23.3 Å². The van der Waals surface area contributed by atoms with Crippen molar-refractivity contribution >= 4 is 11.9 Å². The molecule has 1 aromatic heterocycles. The van der Waals surface area contributed by atoms with Crippen LogP contribution in [0.4, 0.5) is 0 Å². The minimum Gasteiger partial charge on any atom is -0.481 e. The highest BCUT2D eigenvalue weighted by atomic mass is 16.4. The fourth-order valence-corrected chi connectivity index (χ4v) is 1.36. The number of hydrogen-bond acceptors (Lipinski definition) is 3. The Morgan fingerprint density at radius 1 is 1.50 bits per heavy atom. The van der Waals surface area contributed by atoms with Crippen LogP contribution in [-0.4, -0.2) is 28.4 Å². The van der Waals surface area contributed by atoms with Gasteiger partial charge in [0, 0.05) is 19.9 Å². The number of carbonyl (C=O) groups is 2. The summed E-state index contributed by atoms with van der Waals surface area (Å²) in [6.07, 6.45) is 2.07. The Morgan fingerprint density at radius 3 is 2.75 bits per heavy atom. The van der Waals surface area contributed by atoms with Gasteiger partial charge < -0.3 is 14.4 Å². The van der Waals surface area contributed by atoms with Gasteiger partial charge in [-0.05, 0) is 18.6 Å². The molecule has 0 aromatic carbocycles. The van der Waals surface area contributed by atoms with Gasteiger partial charge in [-0.25, -0.2) is 0 Å². The lowest BCUT2D eigenvalue weighted by molar-refractivity contribution is -0.138. The van der Waals surface area contributed by atoms with Crippen LogP contribution in [0.25, 0.3) is 0 Å². The number of amides is 1. The topological polar surface area (TPSA) is 70.8 Å². The fourth-order valence-electron chi connectivity index (χ4n) is 1.36. The maximum absolute atomic E-state index is 11.3. The number of nitrogens with zero attached hydrogens (tertiary/aromatic N) is 1. The molecule has 1 heterocycles. The molecule has 0 radical (unpaired) electrons. The summed E-state index contributed by atoms with van der Waals surface area (Å²) in [6.45, 7) is 2.29. The number of rotatable bonds is 6. The number of furan rings is 1. The molecule has 0 spiro atoms. The van der Waals surface area contributed by atoms with Crippen molar-refractivity contribution in [3.8, 4) is 0 Å². The molecular formula is C11H15NO4. The van der Waals surface area contributed by atoms with Gasteiger partial charge in [0.1, 0.15) is 5.76 Å². The lowest BCUT2D eigenvalue weighted by Gasteiger charge is -2.19. The summed E-state index contributed by atoms with van der Waals surface area (Å²) in [7, 11) is 0. The highest BCUT2D eigenvalue weighted by Crippen LogP contribution is 2.07. The molecule has 5 heteroatoms. The zero-order valence-corrected chi connectivity index (χ0v) is 9.18. The first-order chi connectivity index (χ1) is 7.59. The third-order valence-electron chi connectivity index (χ3n) is 2.19. The molecular weight excluding hydrogens is 210 g/mol. The first-order valence-corrected chi connectivity index (χ1v) is 5.09. The van der Waals surface area contributed by atoms with E-state index in [9.17, 15) is 9.59 Å². The first kappa shape index (κ1) is 12.3.